The molecule has 4 aromatic rings. The molecule has 0 aliphatic rings. The molecular weight excluding hydrogens is 399 g/mol. The molecule has 2 N–H and O–H groups in total. The molecular formula is C22H19FN6O2. The summed E-state index contributed by atoms with van der Waals surface area (Å²) in [6.45, 7) is 3.65. The van der Waals surface area contributed by atoms with Gasteiger partial charge in [0.05, 0.1) is 24.1 Å². The van der Waals surface area contributed by atoms with Crippen molar-refractivity contribution in [2.45, 2.75) is 20.3 Å². The van der Waals surface area contributed by atoms with Crippen LogP contribution in [-0.2, 0) is 4.79 Å². The average Bonchev–Trinajstić information content (AvgIpc) is 2.76. The highest BCUT2D eigenvalue weighted by Gasteiger charge is 2.10. The van der Waals surface area contributed by atoms with Crippen LogP contribution in [0.4, 0.5) is 21.7 Å². The van der Waals surface area contributed by atoms with Gasteiger partial charge in [0.2, 0.25) is 5.91 Å². The van der Waals surface area contributed by atoms with E-state index in [-0.39, 0.29) is 5.91 Å². The van der Waals surface area contributed by atoms with Crippen molar-refractivity contribution in [3.8, 4) is 11.5 Å². The van der Waals surface area contributed by atoms with E-state index in [0.717, 1.165) is 17.4 Å². The first-order chi connectivity index (χ1) is 15.0. The first kappa shape index (κ1) is 20.1. The van der Waals surface area contributed by atoms with Crippen LogP contribution in [0.5, 0.6) is 11.5 Å². The number of benzene rings is 1. The van der Waals surface area contributed by atoms with Crippen molar-refractivity contribution in [1.82, 2.24) is 19.9 Å². The second-order valence-electron chi connectivity index (χ2n) is 6.76. The standard InChI is InChI=1S/C22H19FN6O2/c1-3-21(30)29-20-8-17-18(11-25-20)26-12-27-22(17)28-15-4-5-19(13(2)6-15)31-16-7-14(23)9-24-10-16/h4-12H,3H2,1-2H3,(H,25,29,30)(H,26,27,28). The number of anilines is 3. The number of ether oxygens (including phenoxy) is 1. The Hall–Kier alpha value is -4.14. The van der Waals surface area contributed by atoms with Crippen molar-refractivity contribution < 1.29 is 13.9 Å². The zero-order valence-electron chi connectivity index (χ0n) is 16.9. The minimum Gasteiger partial charge on any atom is -0.455 e. The molecule has 31 heavy (non-hydrogen) atoms. The highest BCUT2D eigenvalue weighted by Crippen LogP contribution is 2.30. The lowest BCUT2D eigenvalue weighted by Crippen LogP contribution is -2.10. The zero-order valence-corrected chi connectivity index (χ0v) is 16.9. The predicted molar refractivity (Wildman–Crippen MR) is 115 cm³/mol. The fourth-order valence-corrected chi connectivity index (χ4v) is 2.91. The number of carbonyl (C=O) groups excluding carboxylic acids is 1. The average molecular weight is 418 g/mol. The number of carbonyl (C=O) groups is 1. The molecule has 156 valence electrons. The van der Waals surface area contributed by atoms with Gasteiger partial charge in [-0.3, -0.25) is 9.78 Å². The molecule has 8 nitrogen and oxygen atoms in total. The van der Waals surface area contributed by atoms with Crippen molar-refractivity contribution >= 4 is 34.1 Å². The number of amides is 1. The van der Waals surface area contributed by atoms with E-state index in [4.69, 9.17) is 4.74 Å². The lowest BCUT2D eigenvalue weighted by Gasteiger charge is -2.13. The Bertz CT molecular complexity index is 1260. The SMILES string of the molecule is CCC(=O)Nc1cc2c(Nc3ccc(Oc4cncc(F)c4)c(C)c3)ncnc2cn1. The molecule has 1 aromatic carbocycles. The van der Waals surface area contributed by atoms with E-state index < -0.39 is 5.82 Å². The summed E-state index contributed by atoms with van der Waals surface area (Å²) in [5.41, 5.74) is 2.26. The molecule has 1 amide bonds. The molecule has 0 unspecified atom stereocenters. The Morgan fingerprint density at radius 3 is 2.74 bits per heavy atom. The van der Waals surface area contributed by atoms with E-state index in [9.17, 15) is 9.18 Å². The fourth-order valence-electron chi connectivity index (χ4n) is 2.91. The first-order valence-electron chi connectivity index (χ1n) is 9.58. The van der Waals surface area contributed by atoms with Crippen LogP contribution in [-0.4, -0.2) is 25.8 Å². The van der Waals surface area contributed by atoms with E-state index in [0.29, 0.717) is 40.5 Å². The number of pyridine rings is 2. The third-order valence-electron chi connectivity index (χ3n) is 4.46. The van der Waals surface area contributed by atoms with Gasteiger partial charge in [-0.1, -0.05) is 6.92 Å². The van der Waals surface area contributed by atoms with Crippen molar-refractivity contribution in [1.29, 1.82) is 0 Å². The summed E-state index contributed by atoms with van der Waals surface area (Å²) in [6, 6.07) is 8.49. The monoisotopic (exact) mass is 418 g/mol. The van der Waals surface area contributed by atoms with Gasteiger partial charge in [-0.15, -0.1) is 0 Å². The van der Waals surface area contributed by atoms with Gasteiger partial charge in [0.1, 0.15) is 35.3 Å². The highest BCUT2D eigenvalue weighted by atomic mass is 19.1. The Balaban J connectivity index is 1.59. The first-order valence-corrected chi connectivity index (χ1v) is 9.58. The Morgan fingerprint density at radius 2 is 1.97 bits per heavy atom. The van der Waals surface area contributed by atoms with E-state index in [1.54, 1.807) is 25.3 Å². The van der Waals surface area contributed by atoms with E-state index >= 15 is 0 Å². The zero-order chi connectivity index (χ0) is 21.8. The summed E-state index contributed by atoms with van der Waals surface area (Å²) < 4.78 is 19.1. The van der Waals surface area contributed by atoms with Gasteiger partial charge in [-0.2, -0.15) is 0 Å². The van der Waals surface area contributed by atoms with Crippen molar-refractivity contribution in [2.24, 2.45) is 0 Å². The van der Waals surface area contributed by atoms with Gasteiger partial charge in [0.15, 0.2) is 0 Å². The summed E-state index contributed by atoms with van der Waals surface area (Å²) in [7, 11) is 0. The predicted octanol–water partition coefficient (Wildman–Crippen LogP) is 4.75. The summed E-state index contributed by atoms with van der Waals surface area (Å²) in [6.07, 6.45) is 5.95. The van der Waals surface area contributed by atoms with Crippen LogP contribution < -0.4 is 15.4 Å². The summed E-state index contributed by atoms with van der Waals surface area (Å²) >= 11 is 0. The number of aromatic nitrogens is 4. The minimum absolute atomic E-state index is 0.127. The van der Waals surface area contributed by atoms with Gasteiger partial charge in [0.25, 0.3) is 0 Å². The van der Waals surface area contributed by atoms with Gasteiger partial charge in [-0.05, 0) is 36.8 Å². The number of hydrogen-bond donors (Lipinski definition) is 2. The molecule has 3 heterocycles. The number of rotatable bonds is 6. The molecule has 0 spiro atoms. The molecule has 0 aliphatic heterocycles. The van der Waals surface area contributed by atoms with Crippen LogP contribution in [0.3, 0.4) is 0 Å². The van der Waals surface area contributed by atoms with Gasteiger partial charge in [-0.25, -0.2) is 19.3 Å². The molecule has 0 fully saturated rings. The van der Waals surface area contributed by atoms with Crippen molar-refractivity contribution in [3.05, 3.63) is 66.6 Å². The second kappa shape index (κ2) is 8.70. The van der Waals surface area contributed by atoms with Gasteiger partial charge in [0, 0.05) is 23.6 Å². The lowest BCUT2D eigenvalue weighted by molar-refractivity contribution is -0.115. The molecule has 0 saturated carbocycles. The molecule has 4 rings (SSSR count). The maximum Gasteiger partial charge on any atom is 0.225 e. The molecule has 3 aromatic heterocycles. The Labute approximate surface area is 177 Å². The summed E-state index contributed by atoms with van der Waals surface area (Å²) in [5, 5.41) is 6.72. The molecule has 9 heteroatoms. The smallest absolute Gasteiger partial charge is 0.225 e. The molecule has 0 saturated heterocycles. The number of hydrogen-bond acceptors (Lipinski definition) is 7. The maximum atomic E-state index is 13.3. The third-order valence-corrected chi connectivity index (χ3v) is 4.46. The third kappa shape index (κ3) is 4.72. The molecule has 0 bridgehead atoms. The fraction of sp³-hybridized carbons (Fsp3) is 0.136. The highest BCUT2D eigenvalue weighted by molar-refractivity contribution is 5.95. The molecule has 0 atom stereocenters. The number of fused-ring (bicyclic) bond motifs is 1. The van der Waals surface area contributed by atoms with Crippen LogP contribution in [0.25, 0.3) is 10.9 Å². The molecule has 0 aliphatic carbocycles. The lowest BCUT2D eigenvalue weighted by atomic mass is 10.2. The number of nitrogens with zero attached hydrogens (tertiary/aromatic N) is 4. The van der Waals surface area contributed by atoms with Crippen molar-refractivity contribution in [2.75, 3.05) is 10.6 Å². The van der Waals surface area contributed by atoms with E-state index in [1.165, 1.54) is 18.6 Å². The minimum atomic E-state index is -0.465. The Kier molecular flexibility index (Phi) is 5.65. The van der Waals surface area contributed by atoms with Crippen LogP contribution in [0.15, 0.2) is 55.2 Å². The Morgan fingerprint density at radius 1 is 1.10 bits per heavy atom. The second-order valence-corrected chi connectivity index (χ2v) is 6.76. The van der Waals surface area contributed by atoms with Crippen LogP contribution in [0, 0.1) is 12.7 Å². The van der Waals surface area contributed by atoms with Gasteiger partial charge < -0.3 is 15.4 Å². The largest absolute Gasteiger partial charge is 0.455 e. The normalized spacial score (nSPS) is 10.7. The van der Waals surface area contributed by atoms with E-state index in [1.807, 2.05) is 19.1 Å². The quantitative estimate of drug-likeness (QED) is 0.466. The summed E-state index contributed by atoms with van der Waals surface area (Å²) in [5.74, 6) is 1.31. The van der Waals surface area contributed by atoms with Crippen molar-refractivity contribution in [3.63, 3.8) is 0 Å². The van der Waals surface area contributed by atoms with Crippen LogP contribution in [0.1, 0.15) is 18.9 Å². The van der Waals surface area contributed by atoms with Crippen LogP contribution >= 0.6 is 0 Å². The molecule has 0 radical (unpaired) electrons. The van der Waals surface area contributed by atoms with E-state index in [2.05, 4.69) is 30.6 Å². The number of nitrogens with one attached hydrogen (secondary N) is 2. The van der Waals surface area contributed by atoms with Gasteiger partial charge >= 0.3 is 0 Å². The number of aryl methyl sites for hydroxylation is 1. The maximum absolute atomic E-state index is 13.3. The number of halogens is 1. The van der Waals surface area contributed by atoms with Crippen LogP contribution in [0.2, 0.25) is 0 Å². The topological polar surface area (TPSA) is 102 Å². The summed E-state index contributed by atoms with van der Waals surface area (Å²) in [4.78, 5) is 28.2.